The zero-order valence-corrected chi connectivity index (χ0v) is 18.0. The smallest absolute Gasteiger partial charge is 0.217 e. The molecule has 4 nitrogen and oxygen atoms in total. The van der Waals surface area contributed by atoms with Crippen molar-refractivity contribution in [3.63, 3.8) is 0 Å². The molecule has 0 aliphatic carbocycles. The zero-order valence-electron chi connectivity index (χ0n) is 18.0. The molecular weight excluding hydrogens is 300 g/mol. The number of primary amides is 2. The highest BCUT2D eigenvalue weighted by atomic mass is 16.2. The van der Waals surface area contributed by atoms with E-state index in [9.17, 15) is 9.59 Å². The molecule has 0 saturated carbocycles. The van der Waals surface area contributed by atoms with Gasteiger partial charge in [0.25, 0.3) is 0 Å². The van der Waals surface area contributed by atoms with Gasteiger partial charge in [-0.3, -0.25) is 9.59 Å². The molecule has 148 valence electrons. The van der Waals surface area contributed by atoms with Crippen LogP contribution in [0.3, 0.4) is 0 Å². The van der Waals surface area contributed by atoms with Gasteiger partial charge in [0, 0.05) is 12.8 Å². The van der Waals surface area contributed by atoms with Crippen molar-refractivity contribution in [1.29, 1.82) is 0 Å². The lowest BCUT2D eigenvalue weighted by atomic mass is 9.75. The minimum absolute atomic E-state index is 0.0509. The number of hydrogen-bond donors (Lipinski definition) is 2. The molecule has 2 amide bonds. The van der Waals surface area contributed by atoms with Crippen LogP contribution < -0.4 is 11.5 Å². The maximum Gasteiger partial charge on any atom is 0.217 e. The van der Waals surface area contributed by atoms with E-state index in [1.807, 2.05) is 27.7 Å². The summed E-state index contributed by atoms with van der Waals surface area (Å²) in [4.78, 5) is 19.8. The third-order valence-electron chi connectivity index (χ3n) is 4.26. The van der Waals surface area contributed by atoms with Crippen LogP contribution >= 0.6 is 0 Å². The van der Waals surface area contributed by atoms with E-state index in [-0.39, 0.29) is 12.8 Å². The lowest BCUT2D eigenvalue weighted by Crippen LogP contribution is -2.18. The van der Waals surface area contributed by atoms with Gasteiger partial charge in [-0.2, -0.15) is 0 Å². The van der Waals surface area contributed by atoms with Gasteiger partial charge in [0.05, 0.1) is 0 Å². The van der Waals surface area contributed by atoms with Crippen molar-refractivity contribution in [3.05, 3.63) is 0 Å². The molecule has 0 unspecified atom stereocenters. The van der Waals surface area contributed by atoms with Crippen LogP contribution in [-0.4, -0.2) is 11.8 Å². The van der Waals surface area contributed by atoms with Crippen molar-refractivity contribution in [2.45, 2.75) is 107 Å². The first kappa shape index (κ1) is 30.8. The number of nitrogens with two attached hydrogens (primary N) is 2. The molecule has 24 heavy (non-hydrogen) atoms. The normalized spacial score (nSPS) is 9.58. The third-order valence-corrected chi connectivity index (χ3v) is 4.26. The summed E-state index contributed by atoms with van der Waals surface area (Å²) >= 11 is 0. The zero-order chi connectivity index (χ0) is 20.2. The standard InChI is InChI=1S/C12H26.C4H8N2O2.2C2H6/c1-6-11(7-2)10-12(5,8-3)9-4;5-3(7)1-2-4(6)8;2*1-2/h11H,6-10H2,1-5H3;1-2H2,(H2,5,7)(H2,6,8);2*1-2H3. The molecule has 0 radical (unpaired) electrons. The van der Waals surface area contributed by atoms with E-state index in [4.69, 9.17) is 11.5 Å². The molecule has 0 saturated heterocycles. The van der Waals surface area contributed by atoms with Crippen molar-refractivity contribution in [3.8, 4) is 0 Å². The van der Waals surface area contributed by atoms with Gasteiger partial charge >= 0.3 is 0 Å². The summed E-state index contributed by atoms with van der Waals surface area (Å²) < 4.78 is 0. The predicted molar refractivity (Wildman–Crippen MR) is 108 cm³/mol. The van der Waals surface area contributed by atoms with Crippen LogP contribution in [0, 0.1) is 11.3 Å². The Bertz CT molecular complexity index is 257. The minimum atomic E-state index is -0.496. The molecule has 0 aromatic carbocycles. The summed E-state index contributed by atoms with van der Waals surface area (Å²) in [6, 6.07) is 0. The van der Waals surface area contributed by atoms with Gasteiger partial charge < -0.3 is 11.5 Å². The Morgan fingerprint density at radius 2 is 1.08 bits per heavy atom. The number of hydrogen-bond acceptors (Lipinski definition) is 2. The van der Waals surface area contributed by atoms with Gasteiger partial charge in [0.1, 0.15) is 0 Å². The fraction of sp³-hybridized carbons (Fsp3) is 0.900. The molecule has 0 aliphatic heterocycles. The number of rotatable bonds is 9. The van der Waals surface area contributed by atoms with Crippen LogP contribution in [0.1, 0.15) is 107 Å². The summed E-state index contributed by atoms with van der Waals surface area (Å²) in [7, 11) is 0. The van der Waals surface area contributed by atoms with E-state index in [1.54, 1.807) is 0 Å². The summed E-state index contributed by atoms with van der Waals surface area (Å²) in [6.07, 6.45) is 6.90. The molecule has 0 spiro atoms. The maximum absolute atomic E-state index is 9.92. The van der Waals surface area contributed by atoms with Gasteiger partial charge in [-0.05, 0) is 17.8 Å². The van der Waals surface area contributed by atoms with Crippen LogP contribution in [0.15, 0.2) is 0 Å². The van der Waals surface area contributed by atoms with Crippen LogP contribution in [0.5, 0.6) is 0 Å². The van der Waals surface area contributed by atoms with Gasteiger partial charge in [0.15, 0.2) is 0 Å². The monoisotopic (exact) mass is 346 g/mol. The van der Waals surface area contributed by atoms with Gasteiger partial charge in [-0.25, -0.2) is 0 Å². The summed E-state index contributed by atoms with van der Waals surface area (Å²) in [5.74, 6) is -0.0394. The van der Waals surface area contributed by atoms with E-state index in [0.29, 0.717) is 5.41 Å². The fourth-order valence-electron chi connectivity index (χ4n) is 2.06. The fourth-order valence-corrected chi connectivity index (χ4v) is 2.06. The molecular formula is C20H46N2O2. The quantitative estimate of drug-likeness (QED) is 0.583. The average molecular weight is 347 g/mol. The first-order valence-corrected chi connectivity index (χ1v) is 9.81. The van der Waals surface area contributed by atoms with Crippen molar-refractivity contribution in [1.82, 2.24) is 0 Å². The van der Waals surface area contributed by atoms with E-state index >= 15 is 0 Å². The maximum atomic E-state index is 9.92. The second-order valence-electron chi connectivity index (χ2n) is 5.84. The highest BCUT2D eigenvalue weighted by molar-refractivity contribution is 5.81. The Hall–Kier alpha value is -1.06. The van der Waals surface area contributed by atoms with Crippen LogP contribution in [-0.2, 0) is 9.59 Å². The Labute approximate surface area is 152 Å². The summed E-state index contributed by atoms with van der Waals surface area (Å²) in [5.41, 5.74) is 10.00. The van der Waals surface area contributed by atoms with Gasteiger partial charge in [-0.15, -0.1) is 0 Å². The lowest BCUT2D eigenvalue weighted by Gasteiger charge is -2.30. The molecule has 0 atom stereocenters. The highest BCUT2D eigenvalue weighted by Crippen LogP contribution is 2.35. The molecule has 0 rings (SSSR count). The minimum Gasteiger partial charge on any atom is -0.370 e. The summed E-state index contributed by atoms with van der Waals surface area (Å²) in [5, 5.41) is 0. The van der Waals surface area contributed by atoms with Crippen molar-refractivity contribution in [2.75, 3.05) is 0 Å². The predicted octanol–water partition coefficient (Wildman–Crippen LogP) is 5.43. The third kappa shape index (κ3) is 23.2. The van der Waals surface area contributed by atoms with Gasteiger partial charge in [0.2, 0.25) is 11.8 Å². The first-order valence-electron chi connectivity index (χ1n) is 9.81. The Balaban J connectivity index is -0.000000145. The van der Waals surface area contributed by atoms with Crippen LogP contribution in [0.2, 0.25) is 0 Å². The second-order valence-corrected chi connectivity index (χ2v) is 5.84. The van der Waals surface area contributed by atoms with Crippen molar-refractivity contribution >= 4 is 11.8 Å². The largest absolute Gasteiger partial charge is 0.370 e. The van der Waals surface area contributed by atoms with E-state index < -0.39 is 11.8 Å². The number of amides is 2. The molecule has 0 aromatic heterocycles. The summed E-state index contributed by atoms with van der Waals surface area (Å²) in [6.45, 7) is 19.7. The second kappa shape index (κ2) is 21.9. The number of carbonyl (C=O) groups excluding carboxylic acids is 2. The lowest BCUT2D eigenvalue weighted by molar-refractivity contribution is -0.123. The molecule has 4 N–H and O–H groups in total. The van der Waals surface area contributed by atoms with Gasteiger partial charge in [-0.1, -0.05) is 88.0 Å². The van der Waals surface area contributed by atoms with E-state index in [2.05, 4.69) is 34.6 Å². The molecule has 0 heterocycles. The van der Waals surface area contributed by atoms with Crippen LogP contribution in [0.4, 0.5) is 0 Å². The molecule has 0 aliphatic rings. The molecule has 0 aromatic rings. The Morgan fingerprint density at radius 1 is 0.792 bits per heavy atom. The van der Waals surface area contributed by atoms with Crippen molar-refractivity contribution < 1.29 is 9.59 Å². The first-order chi connectivity index (χ1) is 11.2. The van der Waals surface area contributed by atoms with E-state index in [1.165, 1.54) is 32.1 Å². The SMILES string of the molecule is CC.CC.CCC(CC)CC(C)(CC)CC.NC(=O)CCC(N)=O. The van der Waals surface area contributed by atoms with E-state index in [0.717, 1.165) is 5.92 Å². The highest BCUT2D eigenvalue weighted by Gasteiger charge is 2.22. The molecule has 0 fully saturated rings. The molecule has 4 heteroatoms. The molecule has 0 bridgehead atoms. The number of carbonyl (C=O) groups is 2. The Kier molecular flexibility index (Phi) is 28.1. The van der Waals surface area contributed by atoms with Crippen molar-refractivity contribution in [2.24, 2.45) is 22.8 Å². The topological polar surface area (TPSA) is 86.2 Å². The average Bonchev–Trinajstić information content (AvgIpc) is 2.61. The van der Waals surface area contributed by atoms with Crippen LogP contribution in [0.25, 0.3) is 0 Å². The Morgan fingerprint density at radius 3 is 1.25 bits per heavy atom.